The van der Waals surface area contributed by atoms with Gasteiger partial charge in [-0.2, -0.15) is 0 Å². The highest BCUT2D eigenvalue weighted by atomic mass is 16.1. The summed E-state index contributed by atoms with van der Waals surface area (Å²) in [6.45, 7) is 0. The Morgan fingerprint density at radius 2 is 2.55 bits per heavy atom. The standard InChI is InChI=1S/C8H10N2O/c9-7(10)8-2-1-5(3-8)6(11)4-8/h1-2,5H,3-4H2,(H3,9,10). The van der Waals surface area contributed by atoms with E-state index < -0.39 is 0 Å². The number of carbonyl (C=O) groups is 1. The molecule has 2 atom stereocenters. The van der Waals surface area contributed by atoms with Gasteiger partial charge in [0.1, 0.15) is 11.6 Å². The SMILES string of the molecule is N=C(N)C12C=CC(C1)C(=O)C2. The Bertz CT molecular complexity index is 269. The predicted octanol–water partition coefficient (Wildman–Crippen LogP) is 0.458. The minimum absolute atomic E-state index is 0.0545. The first kappa shape index (κ1) is 6.58. The molecule has 2 aliphatic carbocycles. The Morgan fingerprint density at radius 1 is 1.82 bits per heavy atom. The van der Waals surface area contributed by atoms with Crippen LogP contribution < -0.4 is 5.73 Å². The van der Waals surface area contributed by atoms with Crippen LogP contribution >= 0.6 is 0 Å². The zero-order valence-corrected chi connectivity index (χ0v) is 6.13. The summed E-state index contributed by atoms with van der Waals surface area (Å²) in [6.07, 6.45) is 4.99. The Labute approximate surface area is 64.8 Å². The lowest BCUT2D eigenvalue weighted by Crippen LogP contribution is -2.32. The van der Waals surface area contributed by atoms with Gasteiger partial charge < -0.3 is 5.73 Å². The lowest BCUT2D eigenvalue weighted by atomic mass is 9.86. The summed E-state index contributed by atoms with van der Waals surface area (Å²) in [5.74, 6) is 0.434. The first-order valence-electron chi connectivity index (χ1n) is 3.71. The Hall–Kier alpha value is -1.12. The molecule has 2 aliphatic rings. The number of rotatable bonds is 1. The first-order valence-corrected chi connectivity index (χ1v) is 3.71. The second-order valence-corrected chi connectivity index (χ2v) is 3.38. The number of Topliss-reactive ketones (excluding diaryl/α,β-unsaturated/α-hetero) is 1. The van der Waals surface area contributed by atoms with Crippen molar-refractivity contribution in [3.63, 3.8) is 0 Å². The number of allylic oxidation sites excluding steroid dienone is 1. The van der Waals surface area contributed by atoms with E-state index in [1.165, 1.54) is 0 Å². The number of hydrogen-bond donors (Lipinski definition) is 2. The average Bonchev–Trinajstić information content (AvgIpc) is 2.44. The zero-order valence-electron chi connectivity index (χ0n) is 6.13. The molecule has 3 heteroatoms. The molecular weight excluding hydrogens is 140 g/mol. The maximum atomic E-state index is 11.1. The van der Waals surface area contributed by atoms with E-state index in [9.17, 15) is 4.79 Å². The molecule has 2 rings (SSSR count). The number of nitrogens with two attached hydrogens (primary N) is 1. The summed E-state index contributed by atoms with van der Waals surface area (Å²) >= 11 is 0. The van der Waals surface area contributed by atoms with Crippen LogP contribution in [0, 0.1) is 16.7 Å². The maximum Gasteiger partial charge on any atom is 0.141 e. The van der Waals surface area contributed by atoms with E-state index >= 15 is 0 Å². The van der Waals surface area contributed by atoms with E-state index in [0.29, 0.717) is 6.42 Å². The van der Waals surface area contributed by atoms with Gasteiger partial charge in [-0.1, -0.05) is 12.2 Å². The molecule has 0 saturated heterocycles. The molecule has 3 nitrogen and oxygen atoms in total. The largest absolute Gasteiger partial charge is 0.387 e. The number of fused-ring (bicyclic) bond motifs is 2. The van der Waals surface area contributed by atoms with Gasteiger partial charge in [0.15, 0.2) is 0 Å². The molecule has 0 radical (unpaired) electrons. The summed E-state index contributed by atoms with van der Waals surface area (Å²) < 4.78 is 0. The summed E-state index contributed by atoms with van der Waals surface area (Å²) in [5, 5.41) is 7.33. The smallest absolute Gasteiger partial charge is 0.141 e. The Balaban J connectivity index is 2.39. The molecule has 58 valence electrons. The number of ketones is 1. The fourth-order valence-corrected chi connectivity index (χ4v) is 1.92. The number of nitrogens with one attached hydrogen (secondary N) is 1. The molecule has 11 heavy (non-hydrogen) atoms. The van der Waals surface area contributed by atoms with Crippen LogP contribution in [0.1, 0.15) is 12.8 Å². The molecule has 0 spiro atoms. The van der Waals surface area contributed by atoms with E-state index in [1.807, 2.05) is 12.2 Å². The average molecular weight is 150 g/mol. The van der Waals surface area contributed by atoms with Crippen LogP contribution in [0.15, 0.2) is 12.2 Å². The van der Waals surface area contributed by atoms with E-state index in [4.69, 9.17) is 11.1 Å². The van der Waals surface area contributed by atoms with Crippen LogP contribution in [0.5, 0.6) is 0 Å². The second kappa shape index (κ2) is 1.72. The van der Waals surface area contributed by atoms with E-state index in [-0.39, 0.29) is 23.0 Å². The third-order valence-electron chi connectivity index (χ3n) is 2.67. The topological polar surface area (TPSA) is 66.9 Å². The summed E-state index contributed by atoms with van der Waals surface area (Å²) in [4.78, 5) is 11.1. The molecule has 2 unspecified atom stereocenters. The minimum Gasteiger partial charge on any atom is -0.387 e. The number of amidine groups is 1. The van der Waals surface area contributed by atoms with Crippen molar-refractivity contribution in [2.75, 3.05) is 0 Å². The summed E-state index contributed by atoms with van der Waals surface area (Å²) in [7, 11) is 0. The van der Waals surface area contributed by atoms with Gasteiger partial charge in [0.05, 0.1) is 5.41 Å². The van der Waals surface area contributed by atoms with Gasteiger partial charge in [-0.25, -0.2) is 0 Å². The van der Waals surface area contributed by atoms with Gasteiger partial charge in [-0.3, -0.25) is 10.2 Å². The van der Waals surface area contributed by atoms with Crippen molar-refractivity contribution in [3.8, 4) is 0 Å². The van der Waals surface area contributed by atoms with Gasteiger partial charge >= 0.3 is 0 Å². The van der Waals surface area contributed by atoms with Crippen LogP contribution in [0.2, 0.25) is 0 Å². The fourth-order valence-electron chi connectivity index (χ4n) is 1.92. The minimum atomic E-state index is -0.387. The third-order valence-corrected chi connectivity index (χ3v) is 2.67. The van der Waals surface area contributed by atoms with Crippen molar-refractivity contribution in [1.29, 1.82) is 5.41 Å². The fraction of sp³-hybridized carbons (Fsp3) is 0.500. The van der Waals surface area contributed by atoms with Crippen LogP contribution in [-0.4, -0.2) is 11.6 Å². The molecule has 1 fully saturated rings. The van der Waals surface area contributed by atoms with Crippen molar-refractivity contribution < 1.29 is 4.79 Å². The molecule has 1 saturated carbocycles. The molecule has 0 heterocycles. The second-order valence-electron chi connectivity index (χ2n) is 3.38. The van der Waals surface area contributed by atoms with E-state index in [1.54, 1.807) is 0 Å². The monoisotopic (exact) mass is 150 g/mol. The Morgan fingerprint density at radius 3 is 2.82 bits per heavy atom. The predicted molar refractivity (Wildman–Crippen MR) is 41.2 cm³/mol. The normalized spacial score (nSPS) is 40.0. The lowest BCUT2D eigenvalue weighted by Gasteiger charge is -2.19. The van der Waals surface area contributed by atoms with Crippen LogP contribution in [0.4, 0.5) is 0 Å². The van der Waals surface area contributed by atoms with Crippen molar-refractivity contribution in [2.24, 2.45) is 17.1 Å². The molecule has 0 aromatic rings. The highest BCUT2D eigenvalue weighted by molar-refractivity contribution is 5.99. The Kier molecular flexibility index (Phi) is 1.03. The van der Waals surface area contributed by atoms with Gasteiger partial charge in [-0.05, 0) is 6.42 Å². The third kappa shape index (κ3) is 0.679. The molecule has 0 aromatic carbocycles. The van der Waals surface area contributed by atoms with Crippen LogP contribution in [0.3, 0.4) is 0 Å². The quantitative estimate of drug-likeness (QED) is 0.324. The first-order chi connectivity index (χ1) is 5.14. The van der Waals surface area contributed by atoms with Crippen LogP contribution in [-0.2, 0) is 4.79 Å². The highest BCUT2D eigenvalue weighted by Gasteiger charge is 2.48. The van der Waals surface area contributed by atoms with Crippen LogP contribution in [0.25, 0.3) is 0 Å². The van der Waals surface area contributed by atoms with Gasteiger partial charge in [0, 0.05) is 12.3 Å². The van der Waals surface area contributed by atoms with E-state index in [2.05, 4.69) is 0 Å². The summed E-state index contributed by atoms with van der Waals surface area (Å²) in [5.41, 5.74) is 5.02. The van der Waals surface area contributed by atoms with Crippen molar-refractivity contribution in [3.05, 3.63) is 12.2 Å². The number of carbonyl (C=O) groups excluding carboxylic acids is 1. The molecule has 0 aromatic heterocycles. The molecular formula is C8H10N2O. The molecule has 0 amide bonds. The van der Waals surface area contributed by atoms with Crippen molar-refractivity contribution >= 4 is 11.6 Å². The maximum absolute atomic E-state index is 11.1. The summed E-state index contributed by atoms with van der Waals surface area (Å²) in [6, 6.07) is 0. The van der Waals surface area contributed by atoms with Crippen molar-refractivity contribution in [2.45, 2.75) is 12.8 Å². The van der Waals surface area contributed by atoms with Gasteiger partial charge in [0.25, 0.3) is 0 Å². The van der Waals surface area contributed by atoms with Gasteiger partial charge in [0.2, 0.25) is 0 Å². The molecule has 3 N–H and O–H groups in total. The molecule has 2 bridgehead atoms. The van der Waals surface area contributed by atoms with E-state index in [0.717, 1.165) is 6.42 Å². The van der Waals surface area contributed by atoms with Gasteiger partial charge in [-0.15, -0.1) is 0 Å². The lowest BCUT2D eigenvalue weighted by molar-refractivity contribution is -0.119. The molecule has 0 aliphatic heterocycles. The van der Waals surface area contributed by atoms with Crippen molar-refractivity contribution in [1.82, 2.24) is 0 Å². The zero-order chi connectivity index (χ0) is 8.06. The number of hydrogen-bond acceptors (Lipinski definition) is 2. The highest BCUT2D eigenvalue weighted by Crippen LogP contribution is 2.46.